The first-order valence-electron chi connectivity index (χ1n) is 13.2. The molecule has 2 heterocycles. The highest BCUT2D eigenvalue weighted by molar-refractivity contribution is 6.77. The number of hydrogen-bond donors (Lipinski definition) is 1. The molecule has 2 bridgehead atoms. The van der Waals surface area contributed by atoms with E-state index in [1.165, 1.54) is 16.5 Å². The number of piperidine rings is 1. The molecule has 2 aromatic rings. The highest BCUT2D eigenvalue weighted by Gasteiger charge is 2.48. The van der Waals surface area contributed by atoms with Crippen LogP contribution in [0.25, 0.3) is 10.9 Å². The van der Waals surface area contributed by atoms with Gasteiger partial charge in [-0.3, -0.25) is 9.69 Å². The fourth-order valence-electron chi connectivity index (χ4n) is 7.42. The number of fused-ring (bicyclic) bond motifs is 5. The van der Waals surface area contributed by atoms with E-state index in [4.69, 9.17) is 4.43 Å². The number of likely N-dealkylation sites (N-methyl/N-ethyl adjacent to an activating group) is 1. The first kappa shape index (κ1) is 25.4. The number of H-pyrrole nitrogens is 1. The lowest BCUT2D eigenvalue weighted by Crippen LogP contribution is -2.55. The summed E-state index contributed by atoms with van der Waals surface area (Å²) in [7, 11) is 0.266. The Labute approximate surface area is 207 Å². The number of rotatable bonds is 6. The number of nitrogens with one attached hydrogen (secondary N) is 1. The van der Waals surface area contributed by atoms with Gasteiger partial charge in [-0.2, -0.15) is 0 Å². The molecule has 1 saturated heterocycles. The highest BCUT2D eigenvalue weighted by Crippen LogP contribution is 2.45. The van der Waals surface area contributed by atoms with Crippen LogP contribution in [0.2, 0.25) is 16.6 Å². The number of carbonyl (C=O) groups excluding carboxylic acids is 1. The van der Waals surface area contributed by atoms with E-state index in [0.717, 1.165) is 30.8 Å². The summed E-state index contributed by atoms with van der Waals surface area (Å²) in [5, 5.41) is 1.20. The molecule has 34 heavy (non-hydrogen) atoms. The zero-order valence-electron chi connectivity index (χ0n) is 22.4. The van der Waals surface area contributed by atoms with Crippen LogP contribution in [0.5, 0.6) is 0 Å². The molecule has 4 nitrogen and oxygen atoms in total. The number of likely N-dealkylation sites (tertiary alicyclic amines) is 1. The van der Waals surface area contributed by atoms with Crippen LogP contribution < -0.4 is 0 Å². The van der Waals surface area contributed by atoms with Crippen molar-refractivity contribution in [2.24, 2.45) is 11.8 Å². The molecule has 1 aromatic carbocycles. The normalized spacial score (nSPS) is 25.4. The predicted octanol–water partition coefficient (Wildman–Crippen LogP) is 6.98. The van der Waals surface area contributed by atoms with E-state index < -0.39 is 8.32 Å². The Balaban J connectivity index is 1.77. The van der Waals surface area contributed by atoms with Gasteiger partial charge in [0.1, 0.15) is 0 Å². The number of carbonyl (C=O) groups is 1. The van der Waals surface area contributed by atoms with Crippen LogP contribution in [0, 0.1) is 11.8 Å². The zero-order valence-corrected chi connectivity index (χ0v) is 23.4. The van der Waals surface area contributed by atoms with Crippen LogP contribution in [0.3, 0.4) is 0 Å². The molecule has 3 atom stereocenters. The number of Topliss-reactive ketones (excluding diaryl/α,β-unsaturated/α-hetero) is 1. The largest absolute Gasteiger partial charge is 0.416 e. The van der Waals surface area contributed by atoms with Gasteiger partial charge in [-0.05, 0) is 54.6 Å². The van der Waals surface area contributed by atoms with E-state index in [1.807, 2.05) is 6.07 Å². The first-order chi connectivity index (χ1) is 16.1. The molecule has 0 spiro atoms. The average Bonchev–Trinajstić information content (AvgIpc) is 3.14. The summed E-state index contributed by atoms with van der Waals surface area (Å²) in [6, 6.07) is 8.74. The number of ketones is 1. The molecule has 0 saturated carbocycles. The van der Waals surface area contributed by atoms with Crippen LogP contribution in [0.1, 0.15) is 70.9 Å². The molecule has 0 amide bonds. The number of benzene rings is 1. The Morgan fingerprint density at radius 3 is 2.35 bits per heavy atom. The predicted molar refractivity (Wildman–Crippen MR) is 145 cm³/mol. The number of aromatic amines is 1. The van der Waals surface area contributed by atoms with E-state index in [0.29, 0.717) is 35.0 Å². The summed E-state index contributed by atoms with van der Waals surface area (Å²) in [6.07, 6.45) is 3.71. The van der Waals surface area contributed by atoms with Crippen molar-refractivity contribution in [3.8, 4) is 0 Å². The van der Waals surface area contributed by atoms with E-state index >= 15 is 0 Å². The summed E-state index contributed by atoms with van der Waals surface area (Å²) in [5.74, 6) is 0.818. The molecule has 1 aliphatic heterocycles. The van der Waals surface area contributed by atoms with E-state index in [1.54, 1.807) is 0 Å². The number of aromatic nitrogens is 1. The van der Waals surface area contributed by atoms with Crippen molar-refractivity contribution in [1.82, 2.24) is 9.88 Å². The molecule has 1 aliphatic carbocycles. The van der Waals surface area contributed by atoms with Crippen molar-refractivity contribution >= 4 is 25.0 Å². The van der Waals surface area contributed by atoms with Crippen molar-refractivity contribution in [2.45, 2.75) is 84.0 Å². The molecule has 5 heteroatoms. The van der Waals surface area contributed by atoms with Crippen LogP contribution in [0.4, 0.5) is 0 Å². The van der Waals surface area contributed by atoms with Gasteiger partial charge in [-0.1, -0.05) is 71.4 Å². The zero-order chi connectivity index (χ0) is 24.8. The van der Waals surface area contributed by atoms with Gasteiger partial charge < -0.3 is 9.41 Å². The second kappa shape index (κ2) is 9.75. The summed E-state index contributed by atoms with van der Waals surface area (Å²) in [4.78, 5) is 19.6. The monoisotopic (exact) mass is 480 g/mol. The van der Waals surface area contributed by atoms with Gasteiger partial charge in [0.25, 0.3) is 0 Å². The fraction of sp³-hybridized carbons (Fsp3) is 0.621. The molecule has 186 valence electrons. The van der Waals surface area contributed by atoms with Gasteiger partial charge in [0.15, 0.2) is 14.1 Å². The Hall–Kier alpha value is -1.69. The maximum Gasteiger partial charge on any atom is 0.200 e. The molecule has 2 aliphatic rings. The standard InChI is InChI=1S/C29H44N2O2Si/c1-9-21-16-31(8)27-14-24-22-12-10-11-13-26(22)30-29(24)28(32)15-23(21)25(27)17-33-34(18(2)3,19(4)5)20(6)7/h9-13,18-20,23,25,27,30H,14-17H2,1-8H3/b21-9-/t23-,25+,27-/m0/s1. The molecular formula is C29H44N2O2Si. The van der Waals surface area contributed by atoms with Gasteiger partial charge in [0.05, 0.1) is 5.69 Å². The number of para-hydroxylation sites is 1. The lowest BCUT2D eigenvalue weighted by Gasteiger charge is -2.49. The first-order valence-corrected chi connectivity index (χ1v) is 15.4. The minimum atomic E-state index is -1.99. The lowest BCUT2D eigenvalue weighted by atomic mass is 9.71. The summed E-state index contributed by atoms with van der Waals surface area (Å²) in [5.41, 5.74) is 6.17. The van der Waals surface area contributed by atoms with Gasteiger partial charge >= 0.3 is 0 Å². The third-order valence-electron chi connectivity index (χ3n) is 9.00. The second-order valence-corrected chi connectivity index (χ2v) is 17.1. The fourth-order valence-corrected chi connectivity index (χ4v) is 12.9. The van der Waals surface area contributed by atoms with E-state index in [2.05, 4.69) is 89.7 Å². The molecule has 4 rings (SSSR count). The lowest BCUT2D eigenvalue weighted by molar-refractivity contribution is 0.0535. The van der Waals surface area contributed by atoms with Gasteiger partial charge in [0, 0.05) is 42.4 Å². The van der Waals surface area contributed by atoms with Crippen molar-refractivity contribution in [1.29, 1.82) is 0 Å². The summed E-state index contributed by atoms with van der Waals surface area (Å²) < 4.78 is 7.19. The van der Waals surface area contributed by atoms with Crippen molar-refractivity contribution in [2.75, 3.05) is 20.2 Å². The van der Waals surface area contributed by atoms with E-state index in [9.17, 15) is 4.79 Å². The number of allylic oxidation sites excluding steroid dienone is 1. The SMILES string of the molecule is C/C=C1/CN(C)[C@H]2Cc3c([nH]c4ccccc34)C(=O)C[C@@H]1[C@H]2CO[Si](C(C)C)(C(C)C)C(C)C. The third-order valence-corrected chi connectivity index (χ3v) is 15.1. The molecule has 1 N–H and O–H groups in total. The number of hydrogen-bond acceptors (Lipinski definition) is 3. The molecule has 0 unspecified atom stereocenters. The molecule has 0 radical (unpaired) electrons. The molecule has 1 aromatic heterocycles. The van der Waals surface area contributed by atoms with Crippen LogP contribution in [0.15, 0.2) is 35.9 Å². The van der Waals surface area contributed by atoms with Gasteiger partial charge in [-0.15, -0.1) is 0 Å². The maximum atomic E-state index is 13.6. The topological polar surface area (TPSA) is 45.3 Å². The molecular weight excluding hydrogens is 436 g/mol. The average molecular weight is 481 g/mol. The quantitative estimate of drug-likeness (QED) is 0.358. The van der Waals surface area contributed by atoms with Crippen LogP contribution in [-0.2, 0) is 10.8 Å². The van der Waals surface area contributed by atoms with Gasteiger partial charge in [0.2, 0.25) is 0 Å². The Morgan fingerprint density at radius 1 is 1.09 bits per heavy atom. The second-order valence-electron chi connectivity index (χ2n) is 11.6. The smallest absolute Gasteiger partial charge is 0.200 e. The van der Waals surface area contributed by atoms with E-state index in [-0.39, 0.29) is 11.7 Å². The number of nitrogens with zero attached hydrogens (tertiary/aromatic N) is 1. The molecule has 1 fully saturated rings. The highest BCUT2D eigenvalue weighted by atomic mass is 28.4. The Bertz CT molecular complexity index is 1050. The third kappa shape index (κ3) is 4.14. The van der Waals surface area contributed by atoms with Crippen LogP contribution in [-0.4, -0.2) is 50.2 Å². The van der Waals surface area contributed by atoms with Crippen molar-refractivity contribution < 1.29 is 9.22 Å². The summed E-state index contributed by atoms with van der Waals surface area (Å²) >= 11 is 0. The minimum Gasteiger partial charge on any atom is -0.416 e. The summed E-state index contributed by atoms with van der Waals surface area (Å²) in [6.45, 7) is 18.0. The van der Waals surface area contributed by atoms with Crippen LogP contribution >= 0.6 is 0 Å². The minimum absolute atomic E-state index is 0.247. The van der Waals surface area contributed by atoms with Gasteiger partial charge in [-0.25, -0.2) is 0 Å². The van der Waals surface area contributed by atoms with Crippen molar-refractivity contribution in [3.63, 3.8) is 0 Å². The maximum absolute atomic E-state index is 13.6. The Morgan fingerprint density at radius 2 is 1.74 bits per heavy atom. The Kier molecular flexibility index (Phi) is 7.28. The van der Waals surface area contributed by atoms with Crippen molar-refractivity contribution in [3.05, 3.63) is 47.2 Å².